The Bertz CT molecular complexity index is 1170. The Labute approximate surface area is 204 Å². The number of para-hydroxylation sites is 1. The Morgan fingerprint density at radius 3 is 2.53 bits per heavy atom. The molecule has 2 aromatic carbocycles. The fourth-order valence-electron chi connectivity index (χ4n) is 4.46. The van der Waals surface area contributed by atoms with E-state index in [1.54, 1.807) is 12.1 Å². The summed E-state index contributed by atoms with van der Waals surface area (Å²) >= 11 is 1.21. The van der Waals surface area contributed by atoms with Crippen LogP contribution in [-0.4, -0.2) is 29.8 Å². The number of aryl methyl sites for hydroxylation is 1. The lowest BCUT2D eigenvalue weighted by Gasteiger charge is -2.31. The van der Waals surface area contributed by atoms with Crippen LogP contribution in [0.5, 0.6) is 0 Å². The van der Waals surface area contributed by atoms with Gasteiger partial charge in [0.1, 0.15) is 5.82 Å². The van der Waals surface area contributed by atoms with Crippen molar-refractivity contribution in [2.75, 3.05) is 17.7 Å². The van der Waals surface area contributed by atoms with E-state index in [9.17, 15) is 14.0 Å². The molecular formula is C27H30FN3O2S. The molecule has 178 valence electrons. The lowest BCUT2D eigenvalue weighted by Crippen LogP contribution is -2.33. The van der Waals surface area contributed by atoms with Gasteiger partial charge in [0.15, 0.2) is 0 Å². The predicted octanol–water partition coefficient (Wildman–Crippen LogP) is 6.46. The van der Waals surface area contributed by atoms with Gasteiger partial charge in [-0.2, -0.15) is 0 Å². The molecule has 0 spiro atoms. The maximum absolute atomic E-state index is 13.4. The van der Waals surface area contributed by atoms with Crippen LogP contribution >= 0.6 is 11.3 Å². The zero-order valence-electron chi connectivity index (χ0n) is 19.6. The van der Waals surface area contributed by atoms with E-state index >= 15 is 0 Å². The summed E-state index contributed by atoms with van der Waals surface area (Å²) in [4.78, 5) is 28.5. The maximum atomic E-state index is 13.4. The van der Waals surface area contributed by atoms with E-state index in [1.165, 1.54) is 61.6 Å². The van der Waals surface area contributed by atoms with Crippen LogP contribution in [0.1, 0.15) is 63.3 Å². The molecular weight excluding hydrogens is 449 g/mol. The number of thiophene rings is 1. The molecule has 0 bridgehead atoms. The molecule has 1 saturated carbocycles. The first-order valence-corrected chi connectivity index (χ1v) is 12.5. The third kappa shape index (κ3) is 5.90. The summed E-state index contributed by atoms with van der Waals surface area (Å²) in [5, 5.41) is 6.37. The topological polar surface area (TPSA) is 61.4 Å². The summed E-state index contributed by atoms with van der Waals surface area (Å²) in [7, 11) is 2.16. The second-order valence-electron chi connectivity index (χ2n) is 8.91. The second kappa shape index (κ2) is 10.9. The van der Waals surface area contributed by atoms with Crippen LogP contribution < -0.4 is 10.6 Å². The molecule has 2 N–H and O–H groups in total. The van der Waals surface area contributed by atoms with Crippen LogP contribution in [0.2, 0.25) is 0 Å². The van der Waals surface area contributed by atoms with Gasteiger partial charge in [-0.15, -0.1) is 11.3 Å². The Morgan fingerprint density at radius 1 is 1.00 bits per heavy atom. The molecule has 1 aliphatic rings. The number of carbonyl (C=O) groups excluding carboxylic acids is 2. The summed E-state index contributed by atoms with van der Waals surface area (Å²) in [5.74, 6) is -1.09. The van der Waals surface area contributed by atoms with Crippen LogP contribution in [0.15, 0.2) is 54.6 Å². The molecule has 0 unspecified atom stereocenters. The Balaban J connectivity index is 1.44. The van der Waals surface area contributed by atoms with Gasteiger partial charge in [-0.05, 0) is 68.3 Å². The number of nitrogens with zero attached hydrogens (tertiary/aromatic N) is 1. The standard InChI is InChI=1S/C27H30FN3O2S/c1-18-15-24(30-26(32)19-10-8-11-21(28)16-19)34-25(18)27(33)29-23-14-7-6-9-20(23)17-31(2)22-12-4-3-5-13-22/h6-11,14-16,22H,3-5,12-13,17H2,1-2H3,(H,29,33)(H,30,32). The summed E-state index contributed by atoms with van der Waals surface area (Å²) in [6, 6.07) is 15.8. The average molecular weight is 480 g/mol. The number of halogens is 1. The van der Waals surface area contributed by atoms with Crippen molar-refractivity contribution in [1.82, 2.24) is 4.90 Å². The maximum Gasteiger partial charge on any atom is 0.266 e. The highest BCUT2D eigenvalue weighted by Gasteiger charge is 2.20. The second-order valence-corrected chi connectivity index (χ2v) is 9.96. The van der Waals surface area contributed by atoms with E-state index in [0.29, 0.717) is 15.9 Å². The lowest BCUT2D eigenvalue weighted by molar-refractivity contribution is 0.101. The number of anilines is 2. The van der Waals surface area contributed by atoms with Gasteiger partial charge in [0, 0.05) is 23.8 Å². The zero-order valence-corrected chi connectivity index (χ0v) is 20.4. The Kier molecular flexibility index (Phi) is 7.75. The van der Waals surface area contributed by atoms with E-state index < -0.39 is 11.7 Å². The number of nitrogens with one attached hydrogen (secondary N) is 2. The molecule has 0 radical (unpaired) electrons. The zero-order chi connectivity index (χ0) is 24.1. The largest absolute Gasteiger partial charge is 0.321 e. The number of benzene rings is 2. The molecule has 1 aliphatic carbocycles. The first kappa shape index (κ1) is 24.1. The third-order valence-electron chi connectivity index (χ3n) is 6.33. The highest BCUT2D eigenvalue weighted by Crippen LogP contribution is 2.29. The summed E-state index contributed by atoms with van der Waals surface area (Å²) in [5.41, 5.74) is 2.88. The molecule has 2 amide bonds. The van der Waals surface area contributed by atoms with Crippen LogP contribution in [0.4, 0.5) is 15.1 Å². The van der Waals surface area contributed by atoms with Gasteiger partial charge in [-0.1, -0.05) is 43.5 Å². The first-order valence-electron chi connectivity index (χ1n) is 11.7. The fourth-order valence-corrected chi connectivity index (χ4v) is 5.42. The lowest BCUT2D eigenvalue weighted by atomic mass is 9.94. The third-order valence-corrected chi connectivity index (χ3v) is 7.48. The van der Waals surface area contributed by atoms with Crippen molar-refractivity contribution < 1.29 is 14.0 Å². The minimum absolute atomic E-state index is 0.207. The van der Waals surface area contributed by atoms with Crippen molar-refractivity contribution in [2.24, 2.45) is 0 Å². The number of amides is 2. The number of carbonyl (C=O) groups is 2. The van der Waals surface area contributed by atoms with Crippen LogP contribution in [0.3, 0.4) is 0 Å². The number of hydrogen-bond acceptors (Lipinski definition) is 4. The van der Waals surface area contributed by atoms with Crippen molar-refractivity contribution in [1.29, 1.82) is 0 Å². The van der Waals surface area contributed by atoms with Crippen LogP contribution in [-0.2, 0) is 6.54 Å². The molecule has 3 aromatic rings. The normalized spacial score (nSPS) is 14.2. The molecule has 7 heteroatoms. The van der Waals surface area contributed by atoms with Gasteiger partial charge in [-0.25, -0.2) is 4.39 Å². The van der Waals surface area contributed by atoms with Crippen LogP contribution in [0, 0.1) is 12.7 Å². The van der Waals surface area contributed by atoms with Crippen molar-refractivity contribution in [2.45, 2.75) is 51.6 Å². The molecule has 1 fully saturated rings. The molecule has 4 rings (SSSR count). The van der Waals surface area contributed by atoms with Gasteiger partial charge >= 0.3 is 0 Å². The highest BCUT2D eigenvalue weighted by molar-refractivity contribution is 7.18. The SMILES string of the molecule is Cc1cc(NC(=O)c2cccc(F)c2)sc1C(=O)Nc1ccccc1CN(C)C1CCCCC1. The van der Waals surface area contributed by atoms with Gasteiger partial charge in [0.05, 0.1) is 9.88 Å². The summed E-state index contributed by atoms with van der Waals surface area (Å²) in [6.07, 6.45) is 6.33. The minimum Gasteiger partial charge on any atom is -0.321 e. The van der Waals surface area contributed by atoms with Crippen molar-refractivity contribution in [3.63, 3.8) is 0 Å². The van der Waals surface area contributed by atoms with Gasteiger partial charge in [-0.3, -0.25) is 14.5 Å². The van der Waals surface area contributed by atoms with E-state index in [0.717, 1.165) is 23.4 Å². The average Bonchev–Trinajstić information content (AvgIpc) is 3.20. The van der Waals surface area contributed by atoms with E-state index in [4.69, 9.17) is 0 Å². The molecule has 5 nitrogen and oxygen atoms in total. The minimum atomic E-state index is -0.470. The monoisotopic (exact) mass is 479 g/mol. The summed E-state index contributed by atoms with van der Waals surface area (Å²) < 4.78 is 13.4. The predicted molar refractivity (Wildman–Crippen MR) is 136 cm³/mol. The molecule has 34 heavy (non-hydrogen) atoms. The quantitative estimate of drug-likeness (QED) is 0.409. The smallest absolute Gasteiger partial charge is 0.266 e. The summed E-state index contributed by atoms with van der Waals surface area (Å²) in [6.45, 7) is 2.62. The Hall–Kier alpha value is -3.03. The van der Waals surface area contributed by atoms with Gasteiger partial charge < -0.3 is 10.6 Å². The molecule has 0 saturated heterocycles. The Morgan fingerprint density at radius 2 is 1.76 bits per heavy atom. The molecule has 1 heterocycles. The van der Waals surface area contributed by atoms with E-state index in [1.807, 2.05) is 25.1 Å². The first-order chi connectivity index (χ1) is 16.4. The molecule has 1 aromatic heterocycles. The van der Waals surface area contributed by atoms with Crippen molar-refractivity contribution >= 4 is 33.8 Å². The van der Waals surface area contributed by atoms with Crippen LogP contribution in [0.25, 0.3) is 0 Å². The van der Waals surface area contributed by atoms with Gasteiger partial charge in [0.2, 0.25) is 0 Å². The highest BCUT2D eigenvalue weighted by atomic mass is 32.1. The van der Waals surface area contributed by atoms with E-state index in [2.05, 4.69) is 28.6 Å². The van der Waals surface area contributed by atoms with Crippen molar-refractivity contribution in [3.8, 4) is 0 Å². The van der Waals surface area contributed by atoms with Crippen molar-refractivity contribution in [3.05, 3.63) is 82.0 Å². The fraction of sp³-hybridized carbons (Fsp3) is 0.333. The molecule has 0 aliphatic heterocycles. The molecule has 0 atom stereocenters. The number of hydrogen-bond donors (Lipinski definition) is 2. The van der Waals surface area contributed by atoms with E-state index in [-0.39, 0.29) is 11.5 Å². The number of rotatable bonds is 7. The van der Waals surface area contributed by atoms with Gasteiger partial charge in [0.25, 0.3) is 11.8 Å².